The van der Waals surface area contributed by atoms with Crippen molar-refractivity contribution in [3.63, 3.8) is 0 Å². The Balaban J connectivity index is 1.80. The van der Waals surface area contributed by atoms with Crippen molar-refractivity contribution < 1.29 is 13.2 Å². The van der Waals surface area contributed by atoms with Gasteiger partial charge in [-0.1, -0.05) is 42.5 Å². The first kappa shape index (κ1) is 18.3. The maximum absolute atomic E-state index is 11.9. The van der Waals surface area contributed by atoms with Crippen LogP contribution in [-0.4, -0.2) is 39.0 Å². The molecule has 2 amide bonds. The van der Waals surface area contributed by atoms with Crippen molar-refractivity contribution in [1.29, 1.82) is 0 Å². The van der Waals surface area contributed by atoms with E-state index in [-0.39, 0.29) is 17.8 Å². The maximum Gasteiger partial charge on any atom is 0.315 e. The zero-order chi connectivity index (χ0) is 17.6. The summed E-state index contributed by atoms with van der Waals surface area (Å²) in [6.07, 6.45) is 2.35. The molecule has 1 unspecified atom stereocenters. The molecule has 6 heteroatoms. The number of sulfone groups is 1. The molecule has 2 rings (SSSR count). The highest BCUT2D eigenvalue weighted by Crippen LogP contribution is 2.18. The van der Waals surface area contributed by atoms with E-state index in [1.807, 2.05) is 18.2 Å². The molecule has 130 valence electrons. The second-order valence-corrected chi connectivity index (χ2v) is 8.37. The lowest BCUT2D eigenvalue weighted by atomic mass is 10.0. The summed E-state index contributed by atoms with van der Waals surface area (Å²) in [7, 11) is -3.00. The summed E-state index contributed by atoms with van der Waals surface area (Å²) in [6, 6.07) is 13.9. The molecule has 24 heavy (non-hydrogen) atoms. The van der Waals surface area contributed by atoms with E-state index in [1.54, 1.807) is 6.92 Å². The summed E-state index contributed by atoms with van der Waals surface area (Å²) in [5.74, 6) is 0.0739. The Morgan fingerprint density at radius 3 is 2.58 bits per heavy atom. The second-order valence-electron chi connectivity index (χ2n) is 6.11. The first-order chi connectivity index (χ1) is 11.3. The third kappa shape index (κ3) is 5.85. The molecule has 2 N–H and O–H groups in total. The van der Waals surface area contributed by atoms with Gasteiger partial charge in [-0.2, -0.15) is 0 Å². The van der Waals surface area contributed by atoms with E-state index >= 15 is 0 Å². The van der Waals surface area contributed by atoms with Crippen LogP contribution in [0.1, 0.15) is 18.9 Å². The van der Waals surface area contributed by atoms with Crippen LogP contribution < -0.4 is 10.6 Å². The standard InChI is InChI=1S/C18H24N2O3S/c1-14(11-13-24(2,22)23)20-18(21)19-12-10-16-8-5-7-15-6-3-4-9-17(15)16/h3-9,14H,10-13H2,1-2H3,(H2,19,20,21). The van der Waals surface area contributed by atoms with Crippen LogP contribution in [0.15, 0.2) is 42.5 Å². The molecule has 2 aromatic carbocycles. The summed E-state index contributed by atoms with van der Waals surface area (Å²) in [5.41, 5.74) is 1.19. The third-order valence-electron chi connectivity index (χ3n) is 3.86. The monoisotopic (exact) mass is 348 g/mol. The Labute approximate surface area is 143 Å². The predicted octanol–water partition coefficient (Wildman–Crippen LogP) is 2.50. The predicted molar refractivity (Wildman–Crippen MR) is 98.0 cm³/mol. The van der Waals surface area contributed by atoms with Crippen LogP contribution in [0.25, 0.3) is 10.8 Å². The van der Waals surface area contributed by atoms with Gasteiger partial charge in [0, 0.05) is 18.8 Å². The summed E-state index contributed by atoms with van der Waals surface area (Å²) in [6.45, 7) is 2.33. The van der Waals surface area contributed by atoms with Crippen molar-refractivity contribution in [2.24, 2.45) is 0 Å². The molecule has 0 bridgehead atoms. The van der Waals surface area contributed by atoms with Gasteiger partial charge in [0.1, 0.15) is 9.84 Å². The fourth-order valence-electron chi connectivity index (χ4n) is 2.56. The summed E-state index contributed by atoms with van der Waals surface area (Å²) >= 11 is 0. The number of carbonyl (C=O) groups is 1. The molecular formula is C18H24N2O3S. The van der Waals surface area contributed by atoms with E-state index in [0.29, 0.717) is 13.0 Å². The van der Waals surface area contributed by atoms with Crippen LogP contribution >= 0.6 is 0 Å². The van der Waals surface area contributed by atoms with Gasteiger partial charge in [-0.25, -0.2) is 13.2 Å². The quantitative estimate of drug-likeness (QED) is 0.807. The fourth-order valence-corrected chi connectivity index (χ4v) is 3.34. The first-order valence-corrected chi connectivity index (χ1v) is 10.1. The smallest absolute Gasteiger partial charge is 0.315 e. The second kappa shape index (κ2) is 8.15. The maximum atomic E-state index is 11.9. The Hall–Kier alpha value is -2.08. The number of hydrogen-bond donors (Lipinski definition) is 2. The van der Waals surface area contributed by atoms with Crippen LogP contribution in [0, 0.1) is 0 Å². The Morgan fingerprint density at radius 1 is 1.12 bits per heavy atom. The summed E-state index contributed by atoms with van der Waals surface area (Å²) < 4.78 is 22.3. The molecule has 0 aromatic heterocycles. The normalized spacial score (nSPS) is 12.8. The van der Waals surface area contributed by atoms with Gasteiger partial charge < -0.3 is 10.6 Å². The Kier molecular flexibility index (Phi) is 6.20. The van der Waals surface area contributed by atoms with Gasteiger partial charge in [0.2, 0.25) is 0 Å². The number of hydrogen-bond acceptors (Lipinski definition) is 3. The van der Waals surface area contributed by atoms with Crippen LogP contribution in [-0.2, 0) is 16.3 Å². The molecule has 0 saturated heterocycles. The molecule has 1 atom stereocenters. The van der Waals surface area contributed by atoms with Gasteiger partial charge in [0.05, 0.1) is 5.75 Å². The van der Waals surface area contributed by atoms with Gasteiger partial charge in [0.15, 0.2) is 0 Å². The average molecular weight is 348 g/mol. The van der Waals surface area contributed by atoms with Crippen molar-refractivity contribution in [1.82, 2.24) is 10.6 Å². The lowest BCUT2D eigenvalue weighted by Crippen LogP contribution is -2.42. The highest BCUT2D eigenvalue weighted by Gasteiger charge is 2.10. The first-order valence-electron chi connectivity index (χ1n) is 8.04. The number of urea groups is 1. The van der Waals surface area contributed by atoms with E-state index in [1.165, 1.54) is 22.6 Å². The zero-order valence-corrected chi connectivity index (χ0v) is 14.9. The molecule has 0 spiro atoms. The van der Waals surface area contributed by atoms with Crippen molar-refractivity contribution in [3.8, 4) is 0 Å². The van der Waals surface area contributed by atoms with E-state index in [9.17, 15) is 13.2 Å². The van der Waals surface area contributed by atoms with Crippen LogP contribution in [0.4, 0.5) is 4.79 Å². The molecule has 2 aromatic rings. The van der Waals surface area contributed by atoms with Gasteiger partial charge in [-0.3, -0.25) is 0 Å². The largest absolute Gasteiger partial charge is 0.338 e. The Morgan fingerprint density at radius 2 is 1.83 bits per heavy atom. The molecule has 0 fully saturated rings. The highest BCUT2D eigenvalue weighted by molar-refractivity contribution is 7.90. The van der Waals surface area contributed by atoms with Crippen LogP contribution in [0.2, 0.25) is 0 Å². The number of benzene rings is 2. The molecule has 0 heterocycles. The van der Waals surface area contributed by atoms with Crippen molar-refractivity contribution in [2.75, 3.05) is 18.6 Å². The summed E-state index contributed by atoms with van der Waals surface area (Å²) in [4.78, 5) is 11.9. The minimum Gasteiger partial charge on any atom is -0.338 e. The number of amides is 2. The molecule has 5 nitrogen and oxygen atoms in total. The lowest BCUT2D eigenvalue weighted by molar-refractivity contribution is 0.237. The van der Waals surface area contributed by atoms with Gasteiger partial charge in [-0.05, 0) is 36.1 Å². The molecule has 0 aliphatic carbocycles. The Bertz CT molecular complexity index is 798. The topological polar surface area (TPSA) is 75.3 Å². The number of nitrogens with one attached hydrogen (secondary N) is 2. The van der Waals surface area contributed by atoms with Gasteiger partial charge in [-0.15, -0.1) is 0 Å². The minimum atomic E-state index is -3.00. The van der Waals surface area contributed by atoms with Crippen molar-refractivity contribution >= 4 is 26.6 Å². The van der Waals surface area contributed by atoms with E-state index in [2.05, 4.69) is 34.9 Å². The van der Waals surface area contributed by atoms with Crippen molar-refractivity contribution in [3.05, 3.63) is 48.0 Å². The molecular weight excluding hydrogens is 324 g/mol. The minimum absolute atomic E-state index is 0.0739. The SMILES string of the molecule is CC(CCS(C)(=O)=O)NC(=O)NCCc1cccc2ccccc12. The van der Waals surface area contributed by atoms with Gasteiger partial charge >= 0.3 is 6.03 Å². The lowest BCUT2D eigenvalue weighted by Gasteiger charge is -2.14. The zero-order valence-electron chi connectivity index (χ0n) is 14.1. The molecule has 0 radical (unpaired) electrons. The van der Waals surface area contributed by atoms with Crippen molar-refractivity contribution in [2.45, 2.75) is 25.8 Å². The molecule has 0 aliphatic heterocycles. The average Bonchev–Trinajstić information content (AvgIpc) is 2.52. The van der Waals surface area contributed by atoms with E-state index in [4.69, 9.17) is 0 Å². The number of fused-ring (bicyclic) bond motifs is 1. The fraction of sp³-hybridized carbons (Fsp3) is 0.389. The third-order valence-corrected chi connectivity index (χ3v) is 4.84. The molecule has 0 saturated carbocycles. The van der Waals surface area contributed by atoms with Crippen LogP contribution in [0.5, 0.6) is 0 Å². The molecule has 0 aliphatic rings. The number of carbonyl (C=O) groups excluding carboxylic acids is 1. The summed E-state index contributed by atoms with van der Waals surface area (Å²) in [5, 5.41) is 7.97. The van der Waals surface area contributed by atoms with E-state index in [0.717, 1.165) is 6.42 Å². The number of rotatable bonds is 7. The van der Waals surface area contributed by atoms with E-state index < -0.39 is 9.84 Å². The van der Waals surface area contributed by atoms with Crippen LogP contribution in [0.3, 0.4) is 0 Å². The van der Waals surface area contributed by atoms with Gasteiger partial charge in [0.25, 0.3) is 0 Å². The highest BCUT2D eigenvalue weighted by atomic mass is 32.2.